The van der Waals surface area contributed by atoms with Crippen LogP contribution in [0.5, 0.6) is 0 Å². The standard InChI is InChI=1S/C13H16Cl2N4O/c1-4-8-13(15)9(18(3)17-8)7-19-11(5-2)16-10(14)6-12(19)20/h6H,4-5,7H2,1-3H3. The minimum atomic E-state index is -0.183. The predicted octanol–water partition coefficient (Wildman–Crippen LogP) is 2.46. The quantitative estimate of drug-likeness (QED) is 0.815. The molecule has 0 saturated carbocycles. The van der Waals surface area contributed by atoms with Gasteiger partial charge in [0, 0.05) is 19.5 Å². The second-order valence-electron chi connectivity index (χ2n) is 4.46. The third-order valence-electron chi connectivity index (χ3n) is 3.18. The Balaban J connectivity index is 2.50. The zero-order chi connectivity index (χ0) is 14.9. The van der Waals surface area contributed by atoms with Gasteiger partial charge in [0.05, 0.1) is 23.0 Å². The summed E-state index contributed by atoms with van der Waals surface area (Å²) < 4.78 is 3.29. The normalized spacial score (nSPS) is 11.1. The summed E-state index contributed by atoms with van der Waals surface area (Å²) in [6.07, 6.45) is 1.37. The van der Waals surface area contributed by atoms with E-state index in [1.807, 2.05) is 20.9 Å². The molecule has 0 aliphatic heterocycles. The zero-order valence-electron chi connectivity index (χ0n) is 11.7. The molecule has 0 aliphatic rings. The van der Waals surface area contributed by atoms with Gasteiger partial charge in [-0.3, -0.25) is 14.0 Å². The Labute approximate surface area is 127 Å². The Morgan fingerprint density at radius 1 is 1.25 bits per heavy atom. The molecule has 0 fully saturated rings. The minimum Gasteiger partial charge on any atom is -0.290 e. The first-order valence-electron chi connectivity index (χ1n) is 6.44. The van der Waals surface area contributed by atoms with Crippen molar-refractivity contribution in [2.24, 2.45) is 7.05 Å². The number of rotatable bonds is 4. The molecule has 0 saturated heterocycles. The summed E-state index contributed by atoms with van der Waals surface area (Å²) in [5.74, 6) is 0.637. The zero-order valence-corrected chi connectivity index (χ0v) is 13.2. The molecule has 5 nitrogen and oxygen atoms in total. The number of hydrogen-bond acceptors (Lipinski definition) is 3. The molecule has 0 unspecified atom stereocenters. The van der Waals surface area contributed by atoms with Crippen LogP contribution in [0.2, 0.25) is 10.2 Å². The van der Waals surface area contributed by atoms with Gasteiger partial charge in [-0.05, 0) is 6.42 Å². The third-order valence-corrected chi connectivity index (χ3v) is 3.81. The molecule has 7 heteroatoms. The Hall–Kier alpha value is -1.33. The highest BCUT2D eigenvalue weighted by molar-refractivity contribution is 6.31. The average Bonchev–Trinajstić information content (AvgIpc) is 2.68. The maximum atomic E-state index is 12.1. The number of halogens is 2. The number of aromatic nitrogens is 4. The summed E-state index contributed by atoms with van der Waals surface area (Å²) in [5, 5.41) is 5.18. The van der Waals surface area contributed by atoms with Gasteiger partial charge in [0.25, 0.3) is 5.56 Å². The molecule has 0 amide bonds. The van der Waals surface area contributed by atoms with E-state index >= 15 is 0 Å². The molecule has 2 aromatic heterocycles. The van der Waals surface area contributed by atoms with Crippen molar-refractivity contribution in [2.45, 2.75) is 33.2 Å². The van der Waals surface area contributed by atoms with Crippen molar-refractivity contribution in [3.8, 4) is 0 Å². The van der Waals surface area contributed by atoms with Gasteiger partial charge in [0.1, 0.15) is 11.0 Å². The first-order valence-corrected chi connectivity index (χ1v) is 7.20. The highest BCUT2D eigenvalue weighted by Crippen LogP contribution is 2.21. The van der Waals surface area contributed by atoms with Gasteiger partial charge in [0.2, 0.25) is 0 Å². The second kappa shape index (κ2) is 5.97. The number of hydrogen-bond donors (Lipinski definition) is 0. The summed E-state index contributed by atoms with van der Waals surface area (Å²) in [7, 11) is 1.82. The van der Waals surface area contributed by atoms with Crippen LogP contribution >= 0.6 is 23.2 Å². The first kappa shape index (κ1) is 15.1. The van der Waals surface area contributed by atoms with Crippen LogP contribution in [0.4, 0.5) is 0 Å². The molecular weight excluding hydrogens is 299 g/mol. The van der Waals surface area contributed by atoms with Crippen molar-refractivity contribution in [1.29, 1.82) is 0 Å². The molecule has 2 aromatic rings. The summed E-state index contributed by atoms with van der Waals surface area (Å²) in [5.41, 5.74) is 1.44. The van der Waals surface area contributed by atoms with E-state index in [0.717, 1.165) is 17.8 Å². The van der Waals surface area contributed by atoms with Gasteiger partial charge in [-0.1, -0.05) is 37.0 Å². The average molecular weight is 315 g/mol. The molecule has 2 heterocycles. The van der Waals surface area contributed by atoms with Gasteiger partial charge >= 0.3 is 0 Å². The third kappa shape index (κ3) is 2.74. The first-order chi connectivity index (χ1) is 9.47. The maximum Gasteiger partial charge on any atom is 0.255 e. The number of aryl methyl sites for hydroxylation is 3. The lowest BCUT2D eigenvalue weighted by molar-refractivity contribution is 0.616. The monoisotopic (exact) mass is 314 g/mol. The fraction of sp³-hybridized carbons (Fsp3) is 0.462. The van der Waals surface area contributed by atoms with Crippen molar-refractivity contribution >= 4 is 23.2 Å². The fourth-order valence-corrected chi connectivity index (χ4v) is 2.65. The minimum absolute atomic E-state index is 0.183. The lowest BCUT2D eigenvalue weighted by Crippen LogP contribution is -2.25. The van der Waals surface area contributed by atoms with Crippen molar-refractivity contribution < 1.29 is 0 Å². The van der Waals surface area contributed by atoms with Crippen LogP contribution in [0.1, 0.15) is 31.1 Å². The van der Waals surface area contributed by atoms with E-state index in [9.17, 15) is 4.79 Å². The molecule has 2 rings (SSSR count). The van der Waals surface area contributed by atoms with E-state index < -0.39 is 0 Å². The van der Waals surface area contributed by atoms with Gasteiger partial charge in [-0.15, -0.1) is 0 Å². The Morgan fingerprint density at radius 2 is 1.95 bits per heavy atom. The highest BCUT2D eigenvalue weighted by atomic mass is 35.5. The van der Waals surface area contributed by atoms with Crippen LogP contribution < -0.4 is 5.56 Å². The molecule has 0 atom stereocenters. The molecule has 108 valence electrons. The van der Waals surface area contributed by atoms with Crippen LogP contribution in [0.25, 0.3) is 0 Å². The molecule has 0 N–H and O–H groups in total. The Morgan fingerprint density at radius 3 is 2.50 bits per heavy atom. The Bertz CT molecular complexity index is 690. The van der Waals surface area contributed by atoms with Gasteiger partial charge < -0.3 is 0 Å². The van der Waals surface area contributed by atoms with Crippen LogP contribution in [0, 0.1) is 0 Å². The van der Waals surface area contributed by atoms with Crippen LogP contribution in [0.15, 0.2) is 10.9 Å². The van der Waals surface area contributed by atoms with E-state index in [1.165, 1.54) is 6.07 Å². The summed E-state index contributed by atoms with van der Waals surface area (Å²) in [6.45, 7) is 4.26. The van der Waals surface area contributed by atoms with Crippen molar-refractivity contribution in [2.75, 3.05) is 0 Å². The van der Waals surface area contributed by atoms with Crippen molar-refractivity contribution in [3.05, 3.63) is 43.8 Å². The van der Waals surface area contributed by atoms with Crippen LogP contribution in [-0.4, -0.2) is 19.3 Å². The van der Waals surface area contributed by atoms with E-state index in [4.69, 9.17) is 23.2 Å². The van der Waals surface area contributed by atoms with E-state index in [0.29, 0.717) is 23.8 Å². The fourth-order valence-electron chi connectivity index (χ4n) is 2.10. The van der Waals surface area contributed by atoms with E-state index in [1.54, 1.807) is 9.25 Å². The second-order valence-corrected chi connectivity index (χ2v) is 5.22. The van der Waals surface area contributed by atoms with Crippen molar-refractivity contribution in [1.82, 2.24) is 19.3 Å². The highest BCUT2D eigenvalue weighted by Gasteiger charge is 2.16. The largest absolute Gasteiger partial charge is 0.290 e. The molecule has 0 aliphatic carbocycles. The Kier molecular flexibility index (Phi) is 4.50. The van der Waals surface area contributed by atoms with Crippen LogP contribution in [0.3, 0.4) is 0 Å². The molecule has 0 aromatic carbocycles. The molecule has 0 spiro atoms. The SMILES string of the molecule is CCc1nn(C)c(Cn2c(CC)nc(Cl)cc2=O)c1Cl. The molecule has 0 bridgehead atoms. The van der Waals surface area contributed by atoms with Crippen LogP contribution in [-0.2, 0) is 26.4 Å². The lowest BCUT2D eigenvalue weighted by Gasteiger charge is -2.11. The van der Waals surface area contributed by atoms with Crippen molar-refractivity contribution in [3.63, 3.8) is 0 Å². The molecule has 20 heavy (non-hydrogen) atoms. The van der Waals surface area contributed by atoms with Gasteiger partial charge in [-0.2, -0.15) is 5.10 Å². The van der Waals surface area contributed by atoms with Gasteiger partial charge in [-0.25, -0.2) is 4.98 Å². The summed E-state index contributed by atoms with van der Waals surface area (Å²) in [4.78, 5) is 16.3. The van der Waals surface area contributed by atoms with E-state index in [2.05, 4.69) is 10.1 Å². The molecular formula is C13H16Cl2N4O. The summed E-state index contributed by atoms with van der Waals surface area (Å²) in [6, 6.07) is 1.31. The number of nitrogens with zero attached hydrogens (tertiary/aromatic N) is 4. The maximum absolute atomic E-state index is 12.1. The van der Waals surface area contributed by atoms with Gasteiger partial charge in [0.15, 0.2) is 0 Å². The topological polar surface area (TPSA) is 52.7 Å². The lowest BCUT2D eigenvalue weighted by atomic mass is 10.3. The van der Waals surface area contributed by atoms with E-state index in [-0.39, 0.29) is 10.7 Å². The predicted molar refractivity (Wildman–Crippen MR) is 79.6 cm³/mol. The smallest absolute Gasteiger partial charge is 0.255 e. The summed E-state index contributed by atoms with van der Waals surface area (Å²) >= 11 is 12.1. The molecule has 0 radical (unpaired) electrons.